The first-order valence-electron chi connectivity index (χ1n) is 12.0. The maximum Gasteiger partial charge on any atom is 0.224 e. The van der Waals surface area contributed by atoms with Crippen LogP contribution >= 0.6 is 11.3 Å². The first-order chi connectivity index (χ1) is 16.7. The lowest BCUT2D eigenvalue weighted by molar-refractivity contribution is 0.0990. The molecule has 0 N–H and O–H groups in total. The lowest BCUT2D eigenvalue weighted by Gasteiger charge is -2.39. The van der Waals surface area contributed by atoms with Crippen molar-refractivity contribution in [3.8, 4) is 0 Å². The van der Waals surface area contributed by atoms with Crippen LogP contribution in [-0.4, -0.2) is 19.5 Å². The highest BCUT2D eigenvalue weighted by molar-refractivity contribution is 7.17. The molecule has 1 aliphatic carbocycles. The minimum Gasteiger partial charge on any atom is -0.385 e. The van der Waals surface area contributed by atoms with Gasteiger partial charge in [0.15, 0.2) is 11.6 Å². The van der Waals surface area contributed by atoms with Crippen LogP contribution in [-0.2, 0) is 5.41 Å². The second kappa shape index (κ2) is 7.53. The number of carbonyl (C=O) groups excluding carboxylic acids is 2. The number of rotatable bonds is 2. The van der Waals surface area contributed by atoms with Crippen molar-refractivity contribution >= 4 is 58.4 Å². The van der Waals surface area contributed by atoms with Gasteiger partial charge in [-0.25, -0.2) is 0 Å². The molecule has 0 bridgehead atoms. The molecule has 3 aromatic carbocycles. The number of Topliss-reactive ketones (excluding diaryl/α,β-unsaturated/α-hetero) is 2. The number of hydrogen-bond donors (Lipinski definition) is 0. The van der Waals surface area contributed by atoms with Gasteiger partial charge >= 0.3 is 0 Å². The Kier molecular flexibility index (Phi) is 4.75. The summed E-state index contributed by atoms with van der Waals surface area (Å²) >= 11 is 1.64. The number of fused-ring (bicyclic) bond motifs is 4. The summed E-state index contributed by atoms with van der Waals surface area (Å²) in [5, 5.41) is 3.11. The Morgan fingerprint density at radius 3 is 2.11 bits per heavy atom. The quantitative estimate of drug-likeness (QED) is 0.182. The smallest absolute Gasteiger partial charge is 0.224 e. The lowest BCUT2D eigenvalue weighted by Crippen LogP contribution is -2.30. The van der Waals surface area contributed by atoms with Gasteiger partial charge < -0.3 is 4.81 Å². The fraction of sp³-hybridized carbons (Fsp3) is 0.200. The van der Waals surface area contributed by atoms with Gasteiger partial charge in [-0.1, -0.05) is 64.1 Å². The summed E-state index contributed by atoms with van der Waals surface area (Å²) < 4.78 is 0. The third kappa shape index (κ3) is 3.18. The van der Waals surface area contributed by atoms with Crippen molar-refractivity contribution in [1.29, 1.82) is 0 Å². The molecule has 0 unspecified atom stereocenters. The molecule has 3 nitrogen and oxygen atoms in total. The second-order valence-corrected chi connectivity index (χ2v) is 11.5. The summed E-state index contributed by atoms with van der Waals surface area (Å²) in [5.41, 5.74) is 6.17. The van der Waals surface area contributed by atoms with E-state index in [2.05, 4.69) is 64.8 Å². The first kappa shape index (κ1) is 22.1. The highest BCUT2D eigenvalue weighted by atomic mass is 32.1. The Morgan fingerprint density at radius 1 is 0.886 bits per heavy atom. The molecule has 172 valence electrons. The Hall–Kier alpha value is -3.44. The number of allylic oxidation sites excluding steroid dienone is 1. The van der Waals surface area contributed by atoms with E-state index in [0.717, 1.165) is 20.7 Å². The number of nitrogens with zero attached hydrogens (tertiary/aromatic N) is 1. The maximum atomic E-state index is 13.3. The number of ketones is 2. The molecule has 5 heteroatoms. The van der Waals surface area contributed by atoms with Crippen LogP contribution in [0.15, 0.2) is 66.2 Å². The molecule has 0 atom stereocenters. The monoisotopic (exact) mass is 475 g/mol. The predicted molar refractivity (Wildman–Crippen MR) is 148 cm³/mol. The molecule has 4 aromatic rings. The van der Waals surface area contributed by atoms with Crippen LogP contribution in [0.25, 0.3) is 16.8 Å². The van der Waals surface area contributed by atoms with Crippen molar-refractivity contribution in [3.63, 3.8) is 0 Å². The minimum atomic E-state index is -0.181. The largest absolute Gasteiger partial charge is 0.385 e. The van der Waals surface area contributed by atoms with Crippen LogP contribution < -0.4 is 4.81 Å². The predicted octanol–water partition coefficient (Wildman–Crippen LogP) is 6.81. The Labute approximate surface area is 210 Å². The summed E-state index contributed by atoms with van der Waals surface area (Å²) in [6.07, 6.45) is 1.80. The van der Waals surface area contributed by atoms with E-state index in [0.29, 0.717) is 17.0 Å². The third-order valence-electron chi connectivity index (χ3n) is 7.58. The molecule has 35 heavy (non-hydrogen) atoms. The van der Waals surface area contributed by atoms with E-state index in [1.807, 2.05) is 36.4 Å². The number of hydrogen-bond acceptors (Lipinski definition) is 4. The van der Waals surface area contributed by atoms with Gasteiger partial charge in [-0.15, -0.1) is 11.3 Å². The molecule has 1 aromatic heterocycles. The molecule has 2 aliphatic rings. The van der Waals surface area contributed by atoms with Crippen molar-refractivity contribution in [3.05, 3.63) is 98.9 Å². The molecule has 6 rings (SSSR count). The van der Waals surface area contributed by atoms with E-state index in [4.69, 9.17) is 0 Å². The summed E-state index contributed by atoms with van der Waals surface area (Å²) in [6.45, 7) is 8.97. The number of thiophene rings is 1. The van der Waals surface area contributed by atoms with Gasteiger partial charge in [0.25, 0.3) is 0 Å². The van der Waals surface area contributed by atoms with Crippen LogP contribution in [0.5, 0.6) is 0 Å². The molecule has 0 radical (unpaired) electrons. The maximum absolute atomic E-state index is 13.3. The van der Waals surface area contributed by atoms with Gasteiger partial charge in [0.05, 0.1) is 10.6 Å². The molecule has 0 saturated carbocycles. The molecule has 0 amide bonds. The first-order valence-corrected chi connectivity index (χ1v) is 12.8. The van der Waals surface area contributed by atoms with Crippen molar-refractivity contribution in [1.82, 2.24) is 0 Å². The number of benzene rings is 3. The average molecular weight is 475 g/mol. The Morgan fingerprint density at radius 2 is 1.51 bits per heavy atom. The van der Waals surface area contributed by atoms with Gasteiger partial charge in [-0.05, 0) is 63.7 Å². The van der Waals surface area contributed by atoms with E-state index in [-0.39, 0.29) is 22.6 Å². The van der Waals surface area contributed by atoms with E-state index >= 15 is 0 Å². The molecule has 0 spiro atoms. The SMILES string of the molecule is BN1c2ccc(C(C)C)cc2C(C)(C)c2cc(C=C3C(=O)c4cc5ccccc5cc4C3=O)sc21. The Balaban J connectivity index is 1.44. The van der Waals surface area contributed by atoms with Gasteiger partial charge in [0.2, 0.25) is 7.98 Å². The molecular formula is C30H26BNO2S. The second-order valence-electron chi connectivity index (χ2n) is 10.4. The lowest BCUT2D eigenvalue weighted by atomic mass is 9.74. The number of carbonyl (C=O) groups is 2. The van der Waals surface area contributed by atoms with Crippen LogP contribution in [0.4, 0.5) is 10.7 Å². The van der Waals surface area contributed by atoms with Crippen LogP contribution in [0.1, 0.15) is 75.9 Å². The van der Waals surface area contributed by atoms with Gasteiger partial charge in [-0.2, -0.15) is 0 Å². The van der Waals surface area contributed by atoms with Crippen LogP contribution in [0, 0.1) is 0 Å². The standard InChI is InChI=1S/C30H26BNO2S/c1-16(2)17-9-10-26-24(13-17)30(3,4)25-15-20(35-29(25)32(26)31)14-23-27(33)21-11-18-7-5-6-8-19(18)12-22(21)28(23)34/h5-16H,31H2,1-4H3. The van der Waals surface area contributed by atoms with Crippen LogP contribution in [0.2, 0.25) is 0 Å². The minimum absolute atomic E-state index is 0.181. The summed E-state index contributed by atoms with van der Waals surface area (Å²) in [4.78, 5) is 29.7. The summed E-state index contributed by atoms with van der Waals surface area (Å²) in [6, 6.07) is 20.5. The highest BCUT2D eigenvalue weighted by Crippen LogP contribution is 2.52. The number of anilines is 2. The zero-order valence-electron chi connectivity index (χ0n) is 20.6. The molecule has 0 fully saturated rings. The highest BCUT2D eigenvalue weighted by Gasteiger charge is 2.38. The summed E-state index contributed by atoms with van der Waals surface area (Å²) in [5.74, 6) is 0.0995. The van der Waals surface area contributed by atoms with E-state index in [9.17, 15) is 9.59 Å². The fourth-order valence-corrected chi connectivity index (χ4v) is 6.65. The van der Waals surface area contributed by atoms with Gasteiger partial charge in [0, 0.05) is 27.1 Å². The Bertz CT molecular complexity index is 1550. The normalized spacial score (nSPS) is 16.0. The van der Waals surface area contributed by atoms with Gasteiger partial charge in [0.1, 0.15) is 0 Å². The van der Waals surface area contributed by atoms with Crippen molar-refractivity contribution in [2.75, 3.05) is 4.81 Å². The third-order valence-corrected chi connectivity index (χ3v) is 8.74. The van der Waals surface area contributed by atoms with Crippen molar-refractivity contribution < 1.29 is 9.59 Å². The molecule has 1 aliphatic heterocycles. The van der Waals surface area contributed by atoms with E-state index < -0.39 is 0 Å². The molecule has 2 heterocycles. The molecular weight excluding hydrogens is 449 g/mol. The average Bonchev–Trinajstić information content (AvgIpc) is 3.38. The summed E-state index contributed by atoms with van der Waals surface area (Å²) in [7, 11) is 2.10. The zero-order chi connectivity index (χ0) is 24.6. The fourth-order valence-electron chi connectivity index (χ4n) is 5.41. The van der Waals surface area contributed by atoms with E-state index in [1.54, 1.807) is 17.4 Å². The molecule has 0 saturated heterocycles. The van der Waals surface area contributed by atoms with Crippen molar-refractivity contribution in [2.45, 2.75) is 39.0 Å². The van der Waals surface area contributed by atoms with E-state index in [1.165, 1.54) is 22.4 Å². The topological polar surface area (TPSA) is 37.4 Å². The zero-order valence-corrected chi connectivity index (χ0v) is 21.4. The van der Waals surface area contributed by atoms with Crippen molar-refractivity contribution in [2.24, 2.45) is 0 Å². The van der Waals surface area contributed by atoms with Crippen LogP contribution in [0.3, 0.4) is 0 Å². The van der Waals surface area contributed by atoms with Gasteiger partial charge in [-0.3, -0.25) is 9.59 Å².